The SMILES string of the molecule is NC(N)=O.[H+]. The summed E-state index contributed by atoms with van der Waals surface area (Å²) in [5.41, 5.74) is 8.50. The van der Waals surface area contributed by atoms with Crippen LogP contribution in [0.15, 0.2) is 0 Å². The van der Waals surface area contributed by atoms with E-state index in [0.29, 0.717) is 0 Å². The smallest absolute Gasteiger partial charge is 0.352 e. The molecule has 0 unspecified atom stereocenters. The number of carbonyl (C=O) groups is 1. The van der Waals surface area contributed by atoms with Gasteiger partial charge in [-0.25, -0.2) is 4.79 Å². The summed E-state index contributed by atoms with van der Waals surface area (Å²) >= 11 is 0. The molecule has 4 heavy (non-hydrogen) atoms. The summed E-state index contributed by atoms with van der Waals surface area (Å²) in [5, 5.41) is 0. The van der Waals surface area contributed by atoms with Gasteiger partial charge in [0.15, 0.2) is 0 Å². The number of hydrogen-bond acceptors (Lipinski definition) is 1. The van der Waals surface area contributed by atoms with E-state index in [1.165, 1.54) is 0 Å². The summed E-state index contributed by atoms with van der Waals surface area (Å²) in [6.07, 6.45) is 0. The van der Waals surface area contributed by atoms with Crippen LogP contribution in [0.4, 0.5) is 4.79 Å². The second-order valence-electron chi connectivity index (χ2n) is 0.402. The number of rotatable bonds is 0. The van der Waals surface area contributed by atoms with Crippen molar-refractivity contribution in [2.75, 3.05) is 0 Å². The number of carbonyl (C=O) groups excluding carboxylic acids is 1. The van der Waals surface area contributed by atoms with Gasteiger partial charge in [0.05, 0.1) is 0 Å². The van der Waals surface area contributed by atoms with Crippen LogP contribution in [0, 0.1) is 0 Å². The zero-order valence-electron chi connectivity index (χ0n) is 3.06. The second kappa shape index (κ2) is 0.711. The summed E-state index contributed by atoms with van der Waals surface area (Å²) in [6.45, 7) is 0. The molecule has 0 aromatic carbocycles. The summed E-state index contributed by atoms with van der Waals surface area (Å²) in [5.74, 6) is 0. The number of primary amides is 2. The zero-order chi connectivity index (χ0) is 3.58. The molecule has 0 aliphatic rings. The van der Waals surface area contributed by atoms with Gasteiger partial charge in [-0.3, -0.25) is 0 Å². The molecule has 2 amide bonds. The van der Waals surface area contributed by atoms with Crippen LogP contribution in [0.25, 0.3) is 0 Å². The highest BCUT2D eigenvalue weighted by Gasteiger charge is 1.60. The lowest BCUT2D eigenvalue weighted by molar-refractivity contribution is 0.256. The van der Waals surface area contributed by atoms with Crippen molar-refractivity contribution in [2.24, 2.45) is 11.5 Å². The van der Waals surface area contributed by atoms with Crippen molar-refractivity contribution in [1.29, 1.82) is 0 Å². The van der Waals surface area contributed by atoms with E-state index in [1.54, 1.807) is 0 Å². The van der Waals surface area contributed by atoms with Crippen LogP contribution >= 0.6 is 0 Å². The van der Waals surface area contributed by atoms with Crippen molar-refractivity contribution in [2.45, 2.75) is 0 Å². The van der Waals surface area contributed by atoms with Gasteiger partial charge in [0.1, 0.15) is 0 Å². The van der Waals surface area contributed by atoms with E-state index in [4.69, 9.17) is 4.79 Å². The minimum absolute atomic E-state index is 0. The topological polar surface area (TPSA) is 69.1 Å². The normalized spacial score (nSPS) is 6.00. The van der Waals surface area contributed by atoms with Crippen molar-refractivity contribution < 1.29 is 6.22 Å². The lowest BCUT2D eigenvalue weighted by Crippen LogP contribution is -2.18. The van der Waals surface area contributed by atoms with Crippen LogP contribution in [0.3, 0.4) is 0 Å². The maximum Gasteiger partial charge on any atom is 1.00 e. The van der Waals surface area contributed by atoms with Crippen LogP contribution < -0.4 is 11.5 Å². The minimum atomic E-state index is -0.833. The van der Waals surface area contributed by atoms with Crippen molar-refractivity contribution in [3.8, 4) is 0 Å². The quantitative estimate of drug-likeness (QED) is 0.376. The molecule has 0 atom stereocenters. The van der Waals surface area contributed by atoms with Crippen LogP contribution in [-0.2, 0) is 0 Å². The summed E-state index contributed by atoms with van der Waals surface area (Å²) < 4.78 is 0. The Balaban J connectivity index is 0. The molecule has 0 aromatic rings. The third kappa shape index (κ3) is 0.174. The number of amides is 2. The van der Waals surface area contributed by atoms with Gasteiger partial charge >= 0.3 is 7.46 Å². The van der Waals surface area contributed by atoms with Crippen molar-refractivity contribution in [3.05, 3.63) is 0 Å². The molecule has 0 aromatic heterocycles. The zero-order valence-corrected chi connectivity index (χ0v) is 2.06. The average molecular weight is 61.1 g/mol. The maximum absolute atomic E-state index is 9.00. The van der Waals surface area contributed by atoms with Crippen molar-refractivity contribution in [1.82, 2.24) is 0 Å². The van der Waals surface area contributed by atoms with Gasteiger partial charge in [-0.15, -0.1) is 0 Å². The highest BCUT2D eigenvalue weighted by atomic mass is 16.2. The Morgan fingerprint density at radius 3 is 1.75 bits per heavy atom. The second-order valence-corrected chi connectivity index (χ2v) is 0.402. The van der Waals surface area contributed by atoms with Gasteiger partial charge in [0, 0.05) is 0 Å². The summed E-state index contributed by atoms with van der Waals surface area (Å²) in [6, 6.07) is -0.833. The lowest BCUT2D eigenvalue weighted by Gasteiger charge is -1.62. The Bertz CT molecular complexity index is 32.6. The molecule has 0 fully saturated rings. The molecule has 24 valence electrons. The van der Waals surface area contributed by atoms with E-state index in [2.05, 4.69) is 11.5 Å². The van der Waals surface area contributed by atoms with Gasteiger partial charge in [-0.05, 0) is 0 Å². The van der Waals surface area contributed by atoms with Crippen molar-refractivity contribution in [3.63, 3.8) is 0 Å². The highest BCUT2D eigenvalue weighted by molar-refractivity contribution is 5.69. The first-order valence-corrected chi connectivity index (χ1v) is 0.781. The third-order valence-electron chi connectivity index (χ3n) is 0. The molecule has 0 bridgehead atoms. The molecule has 4 N–H and O–H groups in total. The Labute approximate surface area is 25.1 Å². The fourth-order valence-corrected chi connectivity index (χ4v) is 0. The van der Waals surface area contributed by atoms with Crippen LogP contribution in [0.2, 0.25) is 0 Å². The molecule has 0 heterocycles. The number of urea groups is 1. The van der Waals surface area contributed by atoms with Gasteiger partial charge in [-0.1, -0.05) is 0 Å². The minimum Gasteiger partial charge on any atom is -0.352 e. The van der Waals surface area contributed by atoms with Gasteiger partial charge in [0.25, 0.3) is 0 Å². The third-order valence-corrected chi connectivity index (χ3v) is 0. The largest absolute Gasteiger partial charge is 1.00 e. The van der Waals surface area contributed by atoms with E-state index in [9.17, 15) is 0 Å². The van der Waals surface area contributed by atoms with E-state index >= 15 is 0 Å². The number of hydrogen-bond donors (Lipinski definition) is 2. The van der Waals surface area contributed by atoms with Gasteiger partial charge in [-0.2, -0.15) is 0 Å². The first kappa shape index (κ1) is 3.27. The lowest BCUT2D eigenvalue weighted by atomic mass is 11.2. The first-order chi connectivity index (χ1) is 1.73. The maximum atomic E-state index is 9.00. The summed E-state index contributed by atoms with van der Waals surface area (Å²) in [4.78, 5) is 9.00. The Morgan fingerprint density at radius 2 is 1.75 bits per heavy atom. The highest BCUT2D eigenvalue weighted by Crippen LogP contribution is 1.25. The van der Waals surface area contributed by atoms with Gasteiger partial charge in [0.2, 0.25) is 0 Å². The molecule has 0 saturated carbocycles. The fraction of sp³-hybridized carbons (Fsp3) is 0. The molecule has 0 aliphatic carbocycles. The molecular weight excluding hydrogens is 56.0 g/mol. The monoisotopic (exact) mass is 61.0 g/mol. The van der Waals surface area contributed by atoms with Crippen LogP contribution in [0.1, 0.15) is 1.43 Å². The van der Waals surface area contributed by atoms with Crippen LogP contribution in [0.5, 0.6) is 0 Å². The molecule has 0 radical (unpaired) electrons. The van der Waals surface area contributed by atoms with E-state index in [0.717, 1.165) is 0 Å². The molecule has 0 aliphatic heterocycles. The Kier molecular flexibility index (Phi) is 0.581. The molecule has 3 heteroatoms. The number of nitrogens with two attached hydrogens (primary N) is 2. The Hall–Kier alpha value is -0.730. The van der Waals surface area contributed by atoms with Crippen LogP contribution in [-0.4, -0.2) is 6.03 Å². The van der Waals surface area contributed by atoms with Crippen molar-refractivity contribution >= 4 is 6.03 Å². The molecular formula is CH5N2O+. The first-order valence-electron chi connectivity index (χ1n) is 0.781. The summed E-state index contributed by atoms with van der Waals surface area (Å²) in [7, 11) is 0. The Morgan fingerprint density at radius 1 is 1.75 bits per heavy atom. The molecule has 0 rings (SSSR count). The fourth-order valence-electron chi connectivity index (χ4n) is 0. The predicted octanol–water partition coefficient (Wildman–Crippen LogP) is -0.864. The average Bonchev–Trinajstić information content (AvgIpc) is 0.811. The van der Waals surface area contributed by atoms with E-state index in [-0.39, 0.29) is 1.43 Å². The molecule has 0 saturated heterocycles. The predicted molar refractivity (Wildman–Crippen MR) is 14.9 cm³/mol. The van der Waals surface area contributed by atoms with E-state index < -0.39 is 6.03 Å². The standard InChI is InChI=1S/CH4N2O/c2-1(3)4/h(H4,2,3,4)/p+1. The molecule has 0 spiro atoms. The molecule has 3 nitrogen and oxygen atoms in total. The van der Waals surface area contributed by atoms with E-state index in [1.807, 2.05) is 0 Å². The van der Waals surface area contributed by atoms with Gasteiger partial charge < -0.3 is 11.5 Å².